The summed E-state index contributed by atoms with van der Waals surface area (Å²) in [5.41, 5.74) is 10.4. The predicted molar refractivity (Wildman–Crippen MR) is 79.2 cm³/mol. The number of halogens is 2. The van der Waals surface area contributed by atoms with Crippen molar-refractivity contribution in [1.29, 1.82) is 0 Å². The van der Waals surface area contributed by atoms with Crippen molar-refractivity contribution < 1.29 is 19.1 Å². The molecule has 2 amide bonds. The van der Waals surface area contributed by atoms with E-state index >= 15 is 0 Å². The minimum Gasteiger partial charge on any atom is -0.449 e. The molecule has 116 valence electrons. The van der Waals surface area contributed by atoms with Gasteiger partial charge < -0.3 is 20.9 Å². The number of carbonyl (C=O) groups excluding carboxylic acids is 2. The Morgan fingerprint density at radius 2 is 1.76 bits per heavy atom. The summed E-state index contributed by atoms with van der Waals surface area (Å²) >= 11 is 12.2. The Balaban J connectivity index is 2.90. The molecular weight excluding hydrogens is 319 g/mol. The second kappa shape index (κ2) is 7.95. The minimum absolute atomic E-state index is 0.0794. The monoisotopic (exact) mass is 334 g/mol. The Morgan fingerprint density at radius 1 is 1.19 bits per heavy atom. The summed E-state index contributed by atoms with van der Waals surface area (Å²) in [7, 11) is 0. The highest BCUT2D eigenvalue weighted by Crippen LogP contribution is 2.36. The van der Waals surface area contributed by atoms with Crippen molar-refractivity contribution in [3.8, 4) is 0 Å². The number of primary amides is 2. The lowest BCUT2D eigenvalue weighted by atomic mass is 9.98. The maximum atomic E-state index is 11.1. The maximum Gasteiger partial charge on any atom is 0.405 e. The van der Waals surface area contributed by atoms with Gasteiger partial charge in [-0.25, -0.2) is 9.59 Å². The molecule has 0 unspecified atom stereocenters. The van der Waals surface area contributed by atoms with Gasteiger partial charge in [0, 0.05) is 15.6 Å². The normalized spacial score (nSPS) is 13.3. The fraction of sp³-hybridized carbons (Fsp3) is 0.385. The third-order valence-electron chi connectivity index (χ3n) is 2.71. The van der Waals surface area contributed by atoms with Crippen LogP contribution in [0.2, 0.25) is 10.0 Å². The molecule has 0 spiro atoms. The van der Waals surface area contributed by atoms with Gasteiger partial charge in [-0.05, 0) is 24.5 Å². The number of nitrogens with two attached hydrogens (primary N) is 2. The van der Waals surface area contributed by atoms with Gasteiger partial charge in [-0.2, -0.15) is 0 Å². The molecule has 8 heteroatoms. The lowest BCUT2D eigenvalue weighted by Crippen LogP contribution is -2.22. The van der Waals surface area contributed by atoms with Crippen LogP contribution in [0.3, 0.4) is 0 Å². The molecule has 6 nitrogen and oxygen atoms in total. The van der Waals surface area contributed by atoms with Crippen molar-refractivity contribution in [3.05, 3.63) is 33.8 Å². The minimum atomic E-state index is -0.945. The van der Waals surface area contributed by atoms with Gasteiger partial charge in [0.2, 0.25) is 0 Å². The third kappa shape index (κ3) is 5.69. The van der Waals surface area contributed by atoms with E-state index in [0.29, 0.717) is 22.0 Å². The summed E-state index contributed by atoms with van der Waals surface area (Å²) in [6.07, 6.45) is -2.24. The van der Waals surface area contributed by atoms with Crippen LogP contribution in [-0.4, -0.2) is 18.8 Å². The fourth-order valence-electron chi connectivity index (χ4n) is 1.84. The quantitative estimate of drug-likeness (QED) is 0.832. The Hall–Kier alpha value is -1.66. The van der Waals surface area contributed by atoms with Gasteiger partial charge in [0.05, 0.1) is 6.61 Å². The van der Waals surface area contributed by atoms with Crippen molar-refractivity contribution in [1.82, 2.24) is 0 Å². The molecule has 0 radical (unpaired) electrons. The largest absolute Gasteiger partial charge is 0.449 e. The molecule has 0 bridgehead atoms. The average Bonchev–Trinajstić information content (AvgIpc) is 2.35. The lowest BCUT2D eigenvalue weighted by molar-refractivity contribution is 0.0763. The Bertz CT molecular complexity index is 505. The molecule has 1 rings (SSSR count). The van der Waals surface area contributed by atoms with Crippen LogP contribution in [0.4, 0.5) is 9.59 Å². The molecule has 2 atom stereocenters. The molecule has 0 aliphatic carbocycles. The zero-order valence-electron chi connectivity index (χ0n) is 11.3. The van der Waals surface area contributed by atoms with Gasteiger partial charge in [-0.1, -0.05) is 36.2 Å². The van der Waals surface area contributed by atoms with Crippen LogP contribution in [0, 0.1) is 5.92 Å². The molecule has 0 heterocycles. The van der Waals surface area contributed by atoms with Crippen LogP contribution in [-0.2, 0) is 9.47 Å². The van der Waals surface area contributed by atoms with E-state index in [-0.39, 0.29) is 12.5 Å². The van der Waals surface area contributed by atoms with Crippen LogP contribution in [0.5, 0.6) is 0 Å². The number of amides is 2. The number of carbonyl (C=O) groups is 2. The second-order valence-corrected chi connectivity index (χ2v) is 5.35. The SMILES string of the molecule is C[C@H](COC(N)=O)C[C@H](OC(N)=O)c1c(Cl)cccc1Cl. The van der Waals surface area contributed by atoms with Crippen molar-refractivity contribution in [2.75, 3.05) is 6.61 Å². The first-order chi connectivity index (χ1) is 9.81. The molecular formula is C13H16Cl2N2O4. The Labute approximate surface area is 132 Å². The predicted octanol–water partition coefficient (Wildman–Crippen LogP) is 3.25. The van der Waals surface area contributed by atoms with Crippen LogP contribution in [0.25, 0.3) is 0 Å². The molecule has 0 saturated carbocycles. The van der Waals surface area contributed by atoms with Crippen molar-refractivity contribution in [2.24, 2.45) is 17.4 Å². The van der Waals surface area contributed by atoms with Crippen LogP contribution in [0.1, 0.15) is 25.0 Å². The lowest BCUT2D eigenvalue weighted by Gasteiger charge is -2.22. The number of hydrogen-bond acceptors (Lipinski definition) is 4. The van der Waals surface area contributed by atoms with E-state index in [2.05, 4.69) is 0 Å². The molecule has 0 aliphatic heterocycles. The van der Waals surface area contributed by atoms with E-state index in [1.807, 2.05) is 0 Å². The molecule has 0 saturated heterocycles. The summed E-state index contributed by atoms with van der Waals surface area (Å²) in [6.45, 7) is 1.88. The maximum absolute atomic E-state index is 11.1. The molecule has 1 aromatic carbocycles. The van der Waals surface area contributed by atoms with E-state index in [9.17, 15) is 9.59 Å². The van der Waals surface area contributed by atoms with Gasteiger partial charge in [-0.15, -0.1) is 0 Å². The number of hydrogen-bond donors (Lipinski definition) is 2. The summed E-state index contributed by atoms with van der Waals surface area (Å²) in [6, 6.07) is 4.94. The van der Waals surface area contributed by atoms with Crippen molar-refractivity contribution in [3.63, 3.8) is 0 Å². The van der Waals surface area contributed by atoms with Crippen molar-refractivity contribution in [2.45, 2.75) is 19.4 Å². The molecule has 0 aliphatic rings. The van der Waals surface area contributed by atoms with Gasteiger partial charge >= 0.3 is 12.2 Å². The first kappa shape index (κ1) is 17.4. The third-order valence-corrected chi connectivity index (χ3v) is 3.37. The zero-order valence-corrected chi connectivity index (χ0v) is 12.9. The molecule has 1 aromatic rings. The van der Waals surface area contributed by atoms with E-state index < -0.39 is 18.3 Å². The highest BCUT2D eigenvalue weighted by Gasteiger charge is 2.24. The van der Waals surface area contributed by atoms with Crippen LogP contribution >= 0.6 is 23.2 Å². The first-order valence-corrected chi connectivity index (χ1v) is 6.89. The number of ether oxygens (including phenoxy) is 2. The average molecular weight is 335 g/mol. The van der Waals surface area contributed by atoms with E-state index in [0.717, 1.165) is 0 Å². The molecule has 21 heavy (non-hydrogen) atoms. The number of rotatable bonds is 6. The van der Waals surface area contributed by atoms with E-state index in [4.69, 9.17) is 44.1 Å². The Kier molecular flexibility index (Phi) is 6.58. The fourth-order valence-corrected chi connectivity index (χ4v) is 2.48. The highest BCUT2D eigenvalue weighted by atomic mass is 35.5. The summed E-state index contributed by atoms with van der Waals surface area (Å²) in [5.74, 6) is -0.144. The summed E-state index contributed by atoms with van der Waals surface area (Å²) in [4.78, 5) is 21.7. The van der Waals surface area contributed by atoms with E-state index in [1.165, 1.54) is 0 Å². The smallest absolute Gasteiger partial charge is 0.405 e. The topological polar surface area (TPSA) is 105 Å². The highest BCUT2D eigenvalue weighted by molar-refractivity contribution is 6.36. The van der Waals surface area contributed by atoms with Crippen molar-refractivity contribution >= 4 is 35.4 Å². The molecule has 0 aromatic heterocycles. The zero-order chi connectivity index (χ0) is 16.0. The molecule has 0 fully saturated rings. The first-order valence-electron chi connectivity index (χ1n) is 6.13. The second-order valence-electron chi connectivity index (χ2n) is 4.53. The molecule has 4 N–H and O–H groups in total. The van der Waals surface area contributed by atoms with E-state index in [1.54, 1.807) is 25.1 Å². The van der Waals surface area contributed by atoms with Gasteiger partial charge in [0.15, 0.2) is 0 Å². The summed E-state index contributed by atoms with van der Waals surface area (Å²) in [5, 5.41) is 0.716. The number of benzene rings is 1. The van der Waals surface area contributed by atoms with Crippen LogP contribution in [0.15, 0.2) is 18.2 Å². The van der Waals surface area contributed by atoms with Gasteiger partial charge in [-0.3, -0.25) is 0 Å². The Morgan fingerprint density at radius 3 is 2.24 bits per heavy atom. The van der Waals surface area contributed by atoms with Gasteiger partial charge in [0.25, 0.3) is 0 Å². The summed E-state index contributed by atoms with van der Waals surface area (Å²) < 4.78 is 9.78. The standard InChI is InChI=1S/C13H16Cl2N2O4/c1-7(6-20-12(16)18)5-10(21-13(17)19)11-8(14)3-2-4-9(11)15/h2-4,7,10H,5-6H2,1H3,(H2,16,18)(H2,17,19)/t7-,10-/m0/s1. The van der Waals surface area contributed by atoms with Gasteiger partial charge in [0.1, 0.15) is 6.10 Å². The van der Waals surface area contributed by atoms with Crippen LogP contribution < -0.4 is 11.5 Å².